The van der Waals surface area contributed by atoms with E-state index in [2.05, 4.69) is 5.32 Å². The highest BCUT2D eigenvalue weighted by Crippen LogP contribution is 2.18. The van der Waals surface area contributed by atoms with Crippen LogP contribution in [0.15, 0.2) is 24.3 Å². The minimum absolute atomic E-state index is 0.0896. The molecule has 0 saturated carbocycles. The molecule has 0 saturated heterocycles. The molecule has 1 rings (SSSR count). The van der Waals surface area contributed by atoms with Gasteiger partial charge in [-0.3, -0.25) is 4.79 Å². The van der Waals surface area contributed by atoms with Gasteiger partial charge in [-0.15, -0.1) is 0 Å². The van der Waals surface area contributed by atoms with Crippen LogP contribution in [0, 0.1) is 0 Å². The van der Waals surface area contributed by atoms with Gasteiger partial charge in [-0.25, -0.2) is 0 Å². The van der Waals surface area contributed by atoms with Crippen molar-refractivity contribution in [2.24, 2.45) is 5.73 Å². The Labute approximate surface area is 88.4 Å². The summed E-state index contributed by atoms with van der Waals surface area (Å²) >= 11 is 0. The first-order chi connectivity index (χ1) is 7.15. The highest BCUT2D eigenvalue weighted by Gasteiger charge is 2.06. The Kier molecular flexibility index (Phi) is 3.88. The number of rotatable bonds is 4. The molecule has 0 heterocycles. The maximum absolute atomic E-state index is 10.9. The van der Waals surface area contributed by atoms with Crippen LogP contribution in [-0.2, 0) is 0 Å². The number of amides is 1. The quantitative estimate of drug-likeness (QED) is 0.679. The average molecular weight is 206 g/mol. The van der Waals surface area contributed by atoms with Crippen LogP contribution in [0.1, 0.15) is 15.9 Å². The minimum atomic E-state index is -0.628. The second-order valence-corrected chi connectivity index (χ2v) is 3.10. The highest BCUT2D eigenvalue weighted by atomic mass is 16.3. The molecule has 4 nitrogen and oxygen atoms in total. The summed E-state index contributed by atoms with van der Waals surface area (Å²) in [5, 5.41) is 12.3. The second kappa shape index (κ2) is 5.17. The van der Waals surface area contributed by atoms with E-state index in [1.165, 1.54) is 6.07 Å². The Morgan fingerprint density at radius 3 is 2.93 bits per heavy atom. The number of hydrogen-bond donors (Lipinski definition) is 3. The normalized spacial score (nSPS) is 10.7. The van der Waals surface area contributed by atoms with Gasteiger partial charge in [0.2, 0.25) is 0 Å². The average Bonchev–Trinajstić information content (AvgIpc) is 2.20. The lowest BCUT2D eigenvalue weighted by Gasteiger charge is -2.01. The van der Waals surface area contributed by atoms with Crippen molar-refractivity contribution in [3.8, 4) is 5.75 Å². The minimum Gasteiger partial charge on any atom is -0.507 e. The van der Waals surface area contributed by atoms with Crippen molar-refractivity contribution in [2.45, 2.75) is 0 Å². The van der Waals surface area contributed by atoms with Crippen molar-refractivity contribution in [3.63, 3.8) is 0 Å². The molecular weight excluding hydrogens is 192 g/mol. The van der Waals surface area contributed by atoms with Crippen molar-refractivity contribution >= 4 is 12.0 Å². The number of nitrogens with one attached hydrogen (secondary N) is 1. The number of carbonyl (C=O) groups excluding carboxylic acids is 1. The third-order valence-corrected chi connectivity index (χ3v) is 1.92. The molecular formula is C11H14N2O2. The molecule has 15 heavy (non-hydrogen) atoms. The number of primary amides is 1. The largest absolute Gasteiger partial charge is 0.507 e. The molecule has 1 amide bonds. The van der Waals surface area contributed by atoms with Gasteiger partial charge >= 0.3 is 0 Å². The number of benzene rings is 1. The van der Waals surface area contributed by atoms with E-state index in [4.69, 9.17) is 5.73 Å². The molecule has 4 N–H and O–H groups in total. The van der Waals surface area contributed by atoms with Crippen LogP contribution in [0.25, 0.3) is 6.08 Å². The number of hydrogen-bond acceptors (Lipinski definition) is 3. The Morgan fingerprint density at radius 1 is 1.60 bits per heavy atom. The summed E-state index contributed by atoms with van der Waals surface area (Å²) in [6.45, 7) is 0.743. The predicted molar refractivity (Wildman–Crippen MR) is 59.6 cm³/mol. The van der Waals surface area contributed by atoms with Gasteiger partial charge in [0.1, 0.15) is 5.75 Å². The predicted octanol–water partition coefficient (Wildman–Crippen LogP) is 0.724. The first-order valence-electron chi connectivity index (χ1n) is 4.59. The van der Waals surface area contributed by atoms with E-state index in [1.807, 2.05) is 19.2 Å². The van der Waals surface area contributed by atoms with Gasteiger partial charge in [-0.1, -0.05) is 18.2 Å². The summed E-state index contributed by atoms with van der Waals surface area (Å²) in [4.78, 5) is 10.9. The van der Waals surface area contributed by atoms with Crippen LogP contribution in [0.3, 0.4) is 0 Å². The third-order valence-electron chi connectivity index (χ3n) is 1.92. The van der Waals surface area contributed by atoms with Crippen molar-refractivity contribution in [2.75, 3.05) is 13.6 Å². The Bertz CT molecular complexity index is 386. The molecule has 0 aliphatic heterocycles. The molecule has 0 fully saturated rings. The molecule has 0 radical (unpaired) electrons. The monoisotopic (exact) mass is 206 g/mol. The van der Waals surface area contributed by atoms with E-state index in [9.17, 15) is 9.90 Å². The summed E-state index contributed by atoms with van der Waals surface area (Å²) in [5.74, 6) is -0.718. The third kappa shape index (κ3) is 3.11. The zero-order valence-electron chi connectivity index (χ0n) is 8.53. The second-order valence-electron chi connectivity index (χ2n) is 3.10. The maximum Gasteiger partial charge on any atom is 0.252 e. The number of aromatic hydroxyl groups is 1. The summed E-state index contributed by atoms with van der Waals surface area (Å²) < 4.78 is 0. The fourth-order valence-electron chi connectivity index (χ4n) is 1.17. The first-order valence-corrected chi connectivity index (χ1v) is 4.59. The molecule has 0 spiro atoms. The Hall–Kier alpha value is -1.81. The van der Waals surface area contributed by atoms with Crippen LogP contribution >= 0.6 is 0 Å². The lowest BCUT2D eigenvalue weighted by molar-refractivity contribution is 0.0998. The molecule has 0 aromatic heterocycles. The van der Waals surface area contributed by atoms with Gasteiger partial charge in [-0.2, -0.15) is 0 Å². The van der Waals surface area contributed by atoms with E-state index >= 15 is 0 Å². The van der Waals surface area contributed by atoms with Gasteiger partial charge in [0.15, 0.2) is 0 Å². The number of likely N-dealkylation sites (N-methyl/N-ethyl adjacent to an activating group) is 1. The Morgan fingerprint density at radius 2 is 2.33 bits per heavy atom. The van der Waals surface area contributed by atoms with Gasteiger partial charge in [0.05, 0.1) is 5.56 Å². The van der Waals surface area contributed by atoms with Crippen molar-refractivity contribution < 1.29 is 9.90 Å². The van der Waals surface area contributed by atoms with Crippen LogP contribution in [0.2, 0.25) is 0 Å². The number of nitrogens with two attached hydrogens (primary N) is 1. The van der Waals surface area contributed by atoms with Crippen molar-refractivity contribution in [3.05, 3.63) is 35.4 Å². The van der Waals surface area contributed by atoms with E-state index in [1.54, 1.807) is 12.1 Å². The van der Waals surface area contributed by atoms with Gasteiger partial charge in [0, 0.05) is 6.54 Å². The fourth-order valence-corrected chi connectivity index (χ4v) is 1.17. The van der Waals surface area contributed by atoms with Crippen LogP contribution in [0.4, 0.5) is 0 Å². The van der Waals surface area contributed by atoms with Gasteiger partial charge in [-0.05, 0) is 24.7 Å². The molecule has 80 valence electrons. The Balaban J connectivity index is 2.92. The van der Waals surface area contributed by atoms with Gasteiger partial charge in [0.25, 0.3) is 5.91 Å². The fraction of sp³-hybridized carbons (Fsp3) is 0.182. The molecule has 1 aromatic carbocycles. The zero-order chi connectivity index (χ0) is 11.3. The van der Waals surface area contributed by atoms with E-state index < -0.39 is 5.91 Å². The van der Waals surface area contributed by atoms with Crippen LogP contribution in [0.5, 0.6) is 5.75 Å². The first kappa shape index (κ1) is 11.3. The zero-order valence-corrected chi connectivity index (χ0v) is 8.53. The van der Waals surface area contributed by atoms with Gasteiger partial charge < -0.3 is 16.2 Å². The van der Waals surface area contributed by atoms with Crippen molar-refractivity contribution in [1.82, 2.24) is 5.32 Å². The summed E-state index contributed by atoms with van der Waals surface area (Å²) in [7, 11) is 1.84. The van der Waals surface area contributed by atoms with E-state index in [-0.39, 0.29) is 11.3 Å². The molecule has 0 aliphatic rings. The van der Waals surface area contributed by atoms with Crippen molar-refractivity contribution in [1.29, 1.82) is 0 Å². The molecule has 0 aliphatic carbocycles. The smallest absolute Gasteiger partial charge is 0.252 e. The topological polar surface area (TPSA) is 75.3 Å². The number of carbonyl (C=O) groups is 1. The van der Waals surface area contributed by atoms with E-state index in [0.717, 1.165) is 12.1 Å². The van der Waals surface area contributed by atoms with Crippen LogP contribution in [-0.4, -0.2) is 24.6 Å². The maximum atomic E-state index is 10.9. The molecule has 4 heteroatoms. The molecule has 1 aromatic rings. The lowest BCUT2D eigenvalue weighted by Crippen LogP contribution is -2.11. The molecule has 0 atom stereocenters. The SMILES string of the molecule is CNCC=Cc1ccc(O)c(C(N)=O)c1. The van der Waals surface area contributed by atoms with Crippen LogP contribution < -0.4 is 11.1 Å². The number of phenols is 1. The molecule has 0 bridgehead atoms. The van der Waals surface area contributed by atoms with E-state index in [0.29, 0.717) is 0 Å². The molecule has 0 unspecified atom stereocenters. The summed E-state index contributed by atoms with van der Waals surface area (Å²) in [6.07, 6.45) is 3.76. The standard InChI is InChI=1S/C11H14N2O2/c1-13-6-2-3-8-4-5-10(14)9(7-8)11(12)15/h2-5,7,13-14H,6H2,1H3,(H2,12,15). The summed E-state index contributed by atoms with van der Waals surface area (Å²) in [5.41, 5.74) is 6.07. The lowest BCUT2D eigenvalue weighted by atomic mass is 10.1. The summed E-state index contributed by atoms with van der Waals surface area (Å²) in [6, 6.07) is 4.73. The highest BCUT2D eigenvalue weighted by molar-refractivity contribution is 5.96.